The molecule has 6 heteroatoms. The second-order valence-corrected chi connectivity index (χ2v) is 6.42. The minimum Gasteiger partial charge on any atom is -0.503 e. The highest BCUT2D eigenvalue weighted by Crippen LogP contribution is 2.35. The first-order valence-electron chi connectivity index (χ1n) is 5.55. The van der Waals surface area contributed by atoms with Gasteiger partial charge in [-0.3, -0.25) is 4.79 Å². The van der Waals surface area contributed by atoms with Gasteiger partial charge < -0.3 is 9.84 Å². The number of hydrogen-bond donors (Lipinski definition) is 1. The molecule has 0 bridgehead atoms. The van der Waals surface area contributed by atoms with Crippen molar-refractivity contribution in [1.29, 1.82) is 0 Å². The fraction of sp³-hybridized carbons (Fsp3) is 0.0714. The van der Waals surface area contributed by atoms with E-state index in [1.54, 1.807) is 30.3 Å². The van der Waals surface area contributed by atoms with Crippen molar-refractivity contribution in [2.75, 3.05) is 7.11 Å². The third-order valence-corrected chi connectivity index (χ3v) is 4.36. The maximum absolute atomic E-state index is 11.9. The quantitative estimate of drug-likeness (QED) is 0.620. The maximum atomic E-state index is 11.9. The van der Waals surface area contributed by atoms with Gasteiger partial charge in [-0.15, -0.1) is 11.3 Å². The summed E-state index contributed by atoms with van der Waals surface area (Å²) in [5.41, 5.74) is 0.738. The van der Waals surface area contributed by atoms with Gasteiger partial charge in [0.25, 0.3) is 0 Å². The van der Waals surface area contributed by atoms with Crippen LogP contribution in [-0.4, -0.2) is 18.0 Å². The molecule has 0 fully saturated rings. The van der Waals surface area contributed by atoms with E-state index in [1.807, 2.05) is 0 Å². The number of thiophene rings is 1. The second-order valence-electron chi connectivity index (χ2n) is 3.85. The van der Waals surface area contributed by atoms with Gasteiger partial charge in [-0.1, -0.05) is 17.7 Å². The first-order valence-corrected chi connectivity index (χ1v) is 7.54. The molecule has 104 valence electrons. The zero-order valence-corrected chi connectivity index (χ0v) is 13.6. The zero-order valence-electron chi connectivity index (χ0n) is 10.4. The Morgan fingerprint density at radius 1 is 1.45 bits per heavy atom. The SMILES string of the molecule is COc1cc(C=CC(=O)c2ccc(Cl)s2)cc(Br)c1O. The maximum Gasteiger partial charge on any atom is 0.195 e. The Balaban J connectivity index is 2.23. The van der Waals surface area contributed by atoms with Crippen LogP contribution in [0.1, 0.15) is 15.2 Å². The second kappa shape index (κ2) is 6.43. The number of phenolic OH excluding ortho intramolecular Hbond substituents is 1. The van der Waals surface area contributed by atoms with Gasteiger partial charge >= 0.3 is 0 Å². The molecule has 1 heterocycles. The number of phenols is 1. The highest BCUT2D eigenvalue weighted by atomic mass is 79.9. The van der Waals surface area contributed by atoms with Gasteiger partial charge in [0.05, 0.1) is 20.8 Å². The predicted octanol–water partition coefficient (Wildman–Crippen LogP) is 4.77. The first kappa shape index (κ1) is 15.1. The van der Waals surface area contributed by atoms with Crippen LogP contribution in [0, 0.1) is 0 Å². The summed E-state index contributed by atoms with van der Waals surface area (Å²) >= 11 is 10.3. The molecule has 0 unspecified atom stereocenters. The Bertz CT molecular complexity index is 679. The number of rotatable bonds is 4. The molecule has 0 amide bonds. The lowest BCUT2D eigenvalue weighted by Crippen LogP contribution is -1.89. The summed E-state index contributed by atoms with van der Waals surface area (Å²) in [4.78, 5) is 12.5. The molecule has 2 aromatic rings. The van der Waals surface area contributed by atoms with Crippen molar-refractivity contribution in [3.8, 4) is 11.5 Å². The number of ether oxygens (including phenoxy) is 1. The van der Waals surface area contributed by atoms with E-state index < -0.39 is 0 Å². The van der Waals surface area contributed by atoms with Crippen LogP contribution in [0.5, 0.6) is 11.5 Å². The van der Waals surface area contributed by atoms with Gasteiger partial charge in [-0.25, -0.2) is 0 Å². The Kier molecular flexibility index (Phi) is 4.86. The van der Waals surface area contributed by atoms with E-state index in [4.69, 9.17) is 16.3 Å². The van der Waals surface area contributed by atoms with Crippen molar-refractivity contribution in [3.63, 3.8) is 0 Å². The Morgan fingerprint density at radius 3 is 2.80 bits per heavy atom. The van der Waals surface area contributed by atoms with Crippen LogP contribution in [-0.2, 0) is 0 Å². The smallest absolute Gasteiger partial charge is 0.195 e. The standard InChI is InChI=1S/C14H10BrClO3S/c1-19-11-7-8(6-9(15)14(11)18)2-3-10(17)12-4-5-13(16)20-12/h2-7,18H,1H3. The van der Waals surface area contributed by atoms with Crippen LogP contribution >= 0.6 is 38.9 Å². The first-order chi connectivity index (χ1) is 9.51. The Labute approximate surface area is 133 Å². The fourth-order valence-electron chi connectivity index (χ4n) is 1.55. The summed E-state index contributed by atoms with van der Waals surface area (Å²) < 4.78 is 6.13. The van der Waals surface area contributed by atoms with E-state index in [0.29, 0.717) is 19.4 Å². The molecule has 0 aliphatic heterocycles. The molecule has 0 aliphatic rings. The zero-order chi connectivity index (χ0) is 14.7. The van der Waals surface area contributed by atoms with E-state index in [-0.39, 0.29) is 11.5 Å². The average Bonchev–Trinajstić information content (AvgIpc) is 2.86. The number of carbonyl (C=O) groups is 1. The molecule has 0 atom stereocenters. The third kappa shape index (κ3) is 3.42. The summed E-state index contributed by atoms with van der Waals surface area (Å²) in [5, 5.41) is 9.70. The molecule has 0 saturated carbocycles. The summed E-state index contributed by atoms with van der Waals surface area (Å²) in [5.74, 6) is 0.247. The Hall–Kier alpha value is -1.30. The van der Waals surface area contributed by atoms with E-state index >= 15 is 0 Å². The summed E-state index contributed by atoms with van der Waals surface area (Å²) in [6.45, 7) is 0. The minimum atomic E-state index is -0.120. The number of benzene rings is 1. The van der Waals surface area contributed by atoms with Crippen molar-refractivity contribution in [1.82, 2.24) is 0 Å². The van der Waals surface area contributed by atoms with Crippen LogP contribution in [0.4, 0.5) is 0 Å². The highest BCUT2D eigenvalue weighted by molar-refractivity contribution is 9.10. The monoisotopic (exact) mass is 372 g/mol. The molecule has 1 N–H and O–H groups in total. The number of allylic oxidation sites excluding steroid dienone is 1. The number of methoxy groups -OCH3 is 1. The van der Waals surface area contributed by atoms with Crippen molar-refractivity contribution in [2.45, 2.75) is 0 Å². The van der Waals surface area contributed by atoms with Gasteiger partial charge in [0.2, 0.25) is 0 Å². The third-order valence-electron chi connectivity index (χ3n) is 2.51. The van der Waals surface area contributed by atoms with E-state index in [0.717, 1.165) is 5.56 Å². The van der Waals surface area contributed by atoms with Gasteiger partial charge in [0, 0.05) is 0 Å². The number of aromatic hydroxyl groups is 1. The highest BCUT2D eigenvalue weighted by Gasteiger charge is 2.08. The van der Waals surface area contributed by atoms with Crippen molar-refractivity contribution >= 4 is 50.7 Å². The molecule has 1 aromatic carbocycles. The predicted molar refractivity (Wildman–Crippen MR) is 85.1 cm³/mol. The van der Waals surface area contributed by atoms with E-state index in [2.05, 4.69) is 15.9 Å². The van der Waals surface area contributed by atoms with Crippen LogP contribution < -0.4 is 4.74 Å². The topological polar surface area (TPSA) is 46.5 Å². The summed E-state index contributed by atoms with van der Waals surface area (Å²) in [6.07, 6.45) is 3.11. The van der Waals surface area contributed by atoms with Crippen molar-refractivity contribution in [2.24, 2.45) is 0 Å². The van der Waals surface area contributed by atoms with Gasteiger partial charge in [-0.05, 0) is 51.8 Å². The van der Waals surface area contributed by atoms with Crippen molar-refractivity contribution in [3.05, 3.63) is 49.6 Å². The number of hydrogen-bond acceptors (Lipinski definition) is 4. The molecule has 2 rings (SSSR count). The van der Waals surface area contributed by atoms with Crippen LogP contribution in [0.3, 0.4) is 0 Å². The average molecular weight is 374 g/mol. The lowest BCUT2D eigenvalue weighted by atomic mass is 10.1. The van der Waals surface area contributed by atoms with E-state index in [1.165, 1.54) is 24.5 Å². The van der Waals surface area contributed by atoms with Gasteiger partial charge in [0.1, 0.15) is 0 Å². The molecule has 0 saturated heterocycles. The summed E-state index contributed by atoms with van der Waals surface area (Å²) in [7, 11) is 1.47. The van der Waals surface area contributed by atoms with Gasteiger partial charge in [-0.2, -0.15) is 0 Å². The molecule has 0 radical (unpaired) electrons. The molecule has 0 spiro atoms. The largest absolute Gasteiger partial charge is 0.503 e. The number of halogens is 2. The lowest BCUT2D eigenvalue weighted by molar-refractivity contribution is 0.105. The van der Waals surface area contributed by atoms with Gasteiger partial charge in [0.15, 0.2) is 17.3 Å². The molecular formula is C14H10BrClO3S. The molecule has 20 heavy (non-hydrogen) atoms. The normalized spacial score (nSPS) is 10.9. The summed E-state index contributed by atoms with van der Waals surface area (Å²) in [6, 6.07) is 6.72. The number of ketones is 1. The molecule has 0 aliphatic carbocycles. The van der Waals surface area contributed by atoms with E-state index in [9.17, 15) is 9.90 Å². The molecular weight excluding hydrogens is 364 g/mol. The Morgan fingerprint density at radius 2 is 2.20 bits per heavy atom. The number of carbonyl (C=O) groups excluding carboxylic acids is 1. The molecule has 1 aromatic heterocycles. The van der Waals surface area contributed by atoms with Crippen LogP contribution in [0.25, 0.3) is 6.08 Å². The fourth-order valence-corrected chi connectivity index (χ4v) is 2.97. The lowest BCUT2D eigenvalue weighted by Gasteiger charge is -2.06. The van der Waals surface area contributed by atoms with Crippen LogP contribution in [0.2, 0.25) is 4.34 Å². The molecule has 3 nitrogen and oxygen atoms in total. The van der Waals surface area contributed by atoms with Crippen LogP contribution in [0.15, 0.2) is 34.8 Å². The van der Waals surface area contributed by atoms with Crippen molar-refractivity contribution < 1.29 is 14.6 Å². The minimum absolute atomic E-state index is 0.0287.